The molecule has 0 atom stereocenters. The first-order chi connectivity index (χ1) is 13.2. The number of amides is 2. The van der Waals surface area contributed by atoms with Crippen LogP contribution in [0.4, 0.5) is 0 Å². The van der Waals surface area contributed by atoms with Crippen LogP contribution in [0.1, 0.15) is 32.7 Å². The third-order valence-corrected chi connectivity index (χ3v) is 4.73. The second-order valence-electron chi connectivity index (χ2n) is 6.49. The van der Waals surface area contributed by atoms with Gasteiger partial charge in [0.05, 0.1) is 11.1 Å². The quantitative estimate of drug-likeness (QED) is 0.602. The van der Waals surface area contributed by atoms with Crippen molar-refractivity contribution in [3.8, 4) is 11.1 Å². The zero-order chi connectivity index (χ0) is 18.6. The van der Waals surface area contributed by atoms with Crippen molar-refractivity contribution in [1.29, 1.82) is 0 Å². The van der Waals surface area contributed by atoms with Crippen molar-refractivity contribution in [2.75, 3.05) is 6.54 Å². The van der Waals surface area contributed by atoms with Gasteiger partial charge in [-0.25, -0.2) is 0 Å². The zero-order valence-corrected chi connectivity index (χ0v) is 14.8. The molecule has 0 fully saturated rings. The van der Waals surface area contributed by atoms with E-state index < -0.39 is 0 Å². The monoisotopic (exact) mass is 353 g/mol. The van der Waals surface area contributed by atoms with Gasteiger partial charge in [0.1, 0.15) is 0 Å². The van der Waals surface area contributed by atoms with Crippen molar-refractivity contribution in [3.63, 3.8) is 0 Å². The summed E-state index contributed by atoms with van der Waals surface area (Å²) in [5.41, 5.74) is 4.47. The van der Waals surface area contributed by atoms with Crippen LogP contribution < -0.4 is 0 Å². The number of nitrogens with zero attached hydrogens (tertiary/aromatic N) is 1. The predicted molar refractivity (Wildman–Crippen MR) is 107 cm³/mol. The van der Waals surface area contributed by atoms with Crippen LogP contribution >= 0.6 is 0 Å². The van der Waals surface area contributed by atoms with Crippen LogP contribution in [0, 0.1) is 0 Å². The maximum atomic E-state index is 12.3. The van der Waals surface area contributed by atoms with E-state index in [1.165, 1.54) is 16.0 Å². The van der Waals surface area contributed by atoms with Crippen LogP contribution in [0.15, 0.2) is 84.9 Å². The smallest absolute Gasteiger partial charge is 0.261 e. The SMILES string of the molecule is O=C1c2ccccc2C(=O)N1CCC=Cc1ccc(-c2ccccc2)cc1. The average molecular weight is 353 g/mol. The van der Waals surface area contributed by atoms with E-state index in [2.05, 4.69) is 36.4 Å². The molecule has 4 rings (SSSR count). The molecule has 3 nitrogen and oxygen atoms in total. The van der Waals surface area contributed by atoms with Gasteiger partial charge in [0, 0.05) is 6.54 Å². The topological polar surface area (TPSA) is 37.4 Å². The van der Waals surface area contributed by atoms with Crippen molar-refractivity contribution >= 4 is 17.9 Å². The summed E-state index contributed by atoms with van der Waals surface area (Å²) in [6.45, 7) is 0.394. The number of fused-ring (bicyclic) bond motifs is 1. The Kier molecular flexibility index (Phi) is 4.67. The fraction of sp³-hybridized carbons (Fsp3) is 0.0833. The van der Waals surface area contributed by atoms with Crippen LogP contribution in [0.2, 0.25) is 0 Å². The summed E-state index contributed by atoms with van der Waals surface area (Å²) < 4.78 is 0. The lowest BCUT2D eigenvalue weighted by Gasteiger charge is -2.11. The molecule has 0 bridgehead atoms. The van der Waals surface area contributed by atoms with Gasteiger partial charge >= 0.3 is 0 Å². The van der Waals surface area contributed by atoms with E-state index in [1.807, 2.05) is 30.4 Å². The second-order valence-corrected chi connectivity index (χ2v) is 6.49. The van der Waals surface area contributed by atoms with Gasteiger partial charge < -0.3 is 0 Å². The van der Waals surface area contributed by atoms with Crippen molar-refractivity contribution in [1.82, 2.24) is 4.90 Å². The van der Waals surface area contributed by atoms with E-state index in [1.54, 1.807) is 24.3 Å². The number of carbonyl (C=O) groups is 2. The average Bonchev–Trinajstić information content (AvgIpc) is 2.97. The number of imide groups is 1. The van der Waals surface area contributed by atoms with Crippen LogP contribution in [-0.4, -0.2) is 23.3 Å². The molecule has 1 heterocycles. The minimum absolute atomic E-state index is 0.198. The lowest BCUT2D eigenvalue weighted by molar-refractivity contribution is 0.0657. The van der Waals surface area contributed by atoms with Crippen LogP contribution in [0.25, 0.3) is 17.2 Å². The minimum Gasteiger partial charge on any atom is -0.274 e. The van der Waals surface area contributed by atoms with Crippen LogP contribution in [0.3, 0.4) is 0 Å². The molecular weight excluding hydrogens is 334 g/mol. The van der Waals surface area contributed by atoms with Gasteiger partial charge in [0.15, 0.2) is 0 Å². The Bertz CT molecular complexity index is 969. The number of carbonyl (C=O) groups excluding carboxylic acids is 2. The van der Waals surface area contributed by atoms with Crippen LogP contribution in [-0.2, 0) is 0 Å². The molecule has 3 heteroatoms. The van der Waals surface area contributed by atoms with Gasteiger partial charge in [0.2, 0.25) is 0 Å². The van der Waals surface area contributed by atoms with Crippen molar-refractivity contribution in [2.24, 2.45) is 0 Å². The molecular formula is C24H19NO2. The fourth-order valence-corrected chi connectivity index (χ4v) is 3.28. The largest absolute Gasteiger partial charge is 0.274 e. The minimum atomic E-state index is -0.198. The van der Waals surface area contributed by atoms with Gasteiger partial charge in [0.25, 0.3) is 11.8 Å². The van der Waals surface area contributed by atoms with E-state index in [0.29, 0.717) is 24.1 Å². The highest BCUT2D eigenvalue weighted by molar-refractivity contribution is 6.21. The van der Waals surface area contributed by atoms with Gasteiger partial charge in [-0.05, 0) is 35.2 Å². The lowest BCUT2D eigenvalue weighted by Crippen LogP contribution is -2.30. The zero-order valence-electron chi connectivity index (χ0n) is 14.8. The number of hydrogen-bond acceptors (Lipinski definition) is 2. The summed E-state index contributed by atoms with van der Waals surface area (Å²) >= 11 is 0. The summed E-state index contributed by atoms with van der Waals surface area (Å²) in [6, 6.07) is 25.6. The molecule has 0 spiro atoms. The Morgan fingerprint density at radius 2 is 1.22 bits per heavy atom. The third-order valence-electron chi connectivity index (χ3n) is 4.73. The first-order valence-corrected chi connectivity index (χ1v) is 9.01. The molecule has 0 aliphatic carbocycles. The van der Waals surface area contributed by atoms with Crippen molar-refractivity contribution < 1.29 is 9.59 Å². The molecule has 1 aliphatic rings. The van der Waals surface area contributed by atoms with E-state index in [4.69, 9.17) is 0 Å². The van der Waals surface area contributed by atoms with Gasteiger partial charge in [-0.1, -0.05) is 78.9 Å². The lowest BCUT2D eigenvalue weighted by atomic mass is 10.0. The number of rotatable bonds is 5. The Morgan fingerprint density at radius 3 is 1.85 bits per heavy atom. The van der Waals surface area contributed by atoms with Crippen LogP contribution in [0.5, 0.6) is 0 Å². The molecule has 0 unspecified atom stereocenters. The summed E-state index contributed by atoms with van der Waals surface area (Å²) in [5.74, 6) is -0.396. The molecule has 0 N–H and O–H groups in total. The van der Waals surface area contributed by atoms with Crippen molar-refractivity contribution in [2.45, 2.75) is 6.42 Å². The predicted octanol–water partition coefficient (Wildman–Crippen LogP) is 5.05. The molecule has 1 aliphatic heterocycles. The Balaban J connectivity index is 1.37. The highest BCUT2D eigenvalue weighted by Gasteiger charge is 2.34. The summed E-state index contributed by atoms with van der Waals surface area (Å²) in [6.07, 6.45) is 4.65. The summed E-state index contributed by atoms with van der Waals surface area (Å²) in [5, 5.41) is 0. The van der Waals surface area contributed by atoms with Gasteiger partial charge in [-0.2, -0.15) is 0 Å². The molecule has 0 radical (unpaired) electrons. The molecule has 0 saturated heterocycles. The molecule has 3 aromatic carbocycles. The second kappa shape index (κ2) is 7.42. The number of hydrogen-bond donors (Lipinski definition) is 0. The normalized spacial score (nSPS) is 13.4. The Hall–Kier alpha value is -3.46. The Morgan fingerprint density at radius 1 is 0.667 bits per heavy atom. The summed E-state index contributed by atoms with van der Waals surface area (Å²) in [4.78, 5) is 26.0. The molecule has 0 aromatic heterocycles. The standard InChI is InChI=1S/C24H19NO2/c26-23-21-11-4-5-12-22(21)24(27)25(23)17-7-6-8-18-13-15-20(16-14-18)19-9-2-1-3-10-19/h1-6,8-16H,7,17H2. The highest BCUT2D eigenvalue weighted by Crippen LogP contribution is 2.23. The number of benzene rings is 3. The molecule has 2 amide bonds. The molecule has 3 aromatic rings. The van der Waals surface area contributed by atoms with Crippen molar-refractivity contribution in [3.05, 3.63) is 102 Å². The van der Waals surface area contributed by atoms with E-state index in [-0.39, 0.29) is 11.8 Å². The Labute approximate surface area is 158 Å². The van der Waals surface area contributed by atoms with Gasteiger partial charge in [-0.15, -0.1) is 0 Å². The first kappa shape index (κ1) is 17.0. The maximum absolute atomic E-state index is 12.3. The molecule has 132 valence electrons. The van der Waals surface area contributed by atoms with E-state index in [0.717, 1.165) is 5.56 Å². The fourth-order valence-electron chi connectivity index (χ4n) is 3.28. The maximum Gasteiger partial charge on any atom is 0.261 e. The molecule has 27 heavy (non-hydrogen) atoms. The van der Waals surface area contributed by atoms with E-state index in [9.17, 15) is 9.59 Å². The van der Waals surface area contributed by atoms with Gasteiger partial charge in [-0.3, -0.25) is 14.5 Å². The summed E-state index contributed by atoms with van der Waals surface area (Å²) in [7, 11) is 0. The first-order valence-electron chi connectivity index (χ1n) is 9.01. The molecule has 0 saturated carbocycles. The highest BCUT2D eigenvalue weighted by atomic mass is 16.2. The third kappa shape index (κ3) is 3.44. The van der Waals surface area contributed by atoms with E-state index >= 15 is 0 Å².